The highest BCUT2D eigenvalue weighted by Crippen LogP contribution is 2.20. The number of fused-ring (bicyclic) bond motifs is 1. The van der Waals surface area contributed by atoms with Gasteiger partial charge in [-0.2, -0.15) is 0 Å². The van der Waals surface area contributed by atoms with Crippen LogP contribution in [-0.4, -0.2) is 48.1 Å². The number of benzene rings is 1. The smallest absolute Gasteiger partial charge is 0.251 e. The summed E-state index contributed by atoms with van der Waals surface area (Å²) < 4.78 is 10.7. The second-order valence-electron chi connectivity index (χ2n) is 5.68. The molecule has 0 aliphatic carbocycles. The summed E-state index contributed by atoms with van der Waals surface area (Å²) in [5.74, 6) is 0.254. The number of ether oxygens (including phenoxy) is 1. The van der Waals surface area contributed by atoms with Crippen molar-refractivity contribution in [1.29, 1.82) is 0 Å². The van der Waals surface area contributed by atoms with Gasteiger partial charge in [0.25, 0.3) is 5.91 Å². The number of aryl methyl sites for hydroxylation is 1. The number of furan rings is 1. The molecule has 3 N–H and O–H groups in total. The average molecular weight is 305 g/mol. The van der Waals surface area contributed by atoms with Crippen LogP contribution in [0.3, 0.4) is 0 Å². The van der Waals surface area contributed by atoms with E-state index < -0.39 is 12.2 Å². The quantitative estimate of drug-likeness (QED) is 0.781. The maximum absolute atomic E-state index is 12.2. The summed E-state index contributed by atoms with van der Waals surface area (Å²) in [5, 5.41) is 23.1. The van der Waals surface area contributed by atoms with E-state index in [1.54, 1.807) is 18.2 Å². The number of rotatable bonds is 3. The number of aliphatic hydroxyl groups excluding tert-OH is 2. The minimum atomic E-state index is -0.902. The van der Waals surface area contributed by atoms with Crippen molar-refractivity contribution in [3.63, 3.8) is 0 Å². The third kappa shape index (κ3) is 2.99. The van der Waals surface area contributed by atoms with Crippen LogP contribution in [0.4, 0.5) is 0 Å². The van der Waals surface area contributed by atoms with Gasteiger partial charge in [0.15, 0.2) is 0 Å². The molecule has 2 heterocycles. The first-order valence-electron chi connectivity index (χ1n) is 7.27. The first-order valence-corrected chi connectivity index (χ1v) is 7.27. The number of carbonyl (C=O) groups is 1. The minimum Gasteiger partial charge on any atom is -0.461 e. The van der Waals surface area contributed by atoms with Gasteiger partial charge in [-0.1, -0.05) is 0 Å². The van der Waals surface area contributed by atoms with Gasteiger partial charge in [0, 0.05) is 23.4 Å². The first-order chi connectivity index (χ1) is 10.5. The average Bonchev–Trinajstić information content (AvgIpc) is 2.87. The van der Waals surface area contributed by atoms with Gasteiger partial charge in [-0.05, 0) is 31.2 Å². The highest BCUT2D eigenvalue weighted by molar-refractivity contribution is 5.97. The highest BCUT2D eigenvalue weighted by atomic mass is 16.5. The predicted octanol–water partition coefficient (Wildman–Crippen LogP) is 0.839. The minimum absolute atomic E-state index is 0.127. The molecule has 3 atom stereocenters. The standard InChI is InChI=1S/C16H19NO5/c1-9-4-11-5-10(2-3-14(11)22-9)16(20)17-6-12-7-21-8-13(18)15(12)19/h2-5,12-13,15,18-19H,6-8H2,1H3,(H,17,20)/t12-,13-,15+/m1/s1. The fourth-order valence-electron chi connectivity index (χ4n) is 2.67. The molecule has 22 heavy (non-hydrogen) atoms. The van der Waals surface area contributed by atoms with Crippen molar-refractivity contribution in [3.05, 3.63) is 35.6 Å². The van der Waals surface area contributed by atoms with E-state index >= 15 is 0 Å². The lowest BCUT2D eigenvalue weighted by Gasteiger charge is -2.31. The van der Waals surface area contributed by atoms with E-state index in [4.69, 9.17) is 9.15 Å². The highest BCUT2D eigenvalue weighted by Gasteiger charge is 2.31. The number of carbonyl (C=O) groups excluding carboxylic acids is 1. The van der Waals surface area contributed by atoms with Gasteiger partial charge < -0.3 is 24.7 Å². The predicted molar refractivity (Wildman–Crippen MR) is 79.6 cm³/mol. The molecular weight excluding hydrogens is 286 g/mol. The van der Waals surface area contributed by atoms with Crippen molar-refractivity contribution in [2.24, 2.45) is 5.92 Å². The number of hydrogen-bond donors (Lipinski definition) is 3. The van der Waals surface area contributed by atoms with Crippen molar-refractivity contribution >= 4 is 16.9 Å². The van der Waals surface area contributed by atoms with Crippen LogP contribution in [0.1, 0.15) is 16.1 Å². The van der Waals surface area contributed by atoms with Crippen LogP contribution in [0.2, 0.25) is 0 Å². The molecule has 0 saturated carbocycles. The summed E-state index contributed by atoms with van der Waals surface area (Å²) in [6.45, 7) is 2.55. The van der Waals surface area contributed by atoms with Crippen molar-refractivity contribution in [3.8, 4) is 0 Å². The first kappa shape index (κ1) is 15.0. The Morgan fingerprint density at radius 3 is 2.95 bits per heavy atom. The largest absolute Gasteiger partial charge is 0.461 e. The van der Waals surface area contributed by atoms with Gasteiger partial charge in [-0.25, -0.2) is 0 Å². The van der Waals surface area contributed by atoms with Crippen LogP contribution in [0.25, 0.3) is 11.0 Å². The molecule has 0 bridgehead atoms. The van der Waals surface area contributed by atoms with Crippen LogP contribution in [-0.2, 0) is 4.74 Å². The summed E-state index contributed by atoms with van der Waals surface area (Å²) >= 11 is 0. The number of amides is 1. The molecule has 0 radical (unpaired) electrons. The van der Waals surface area contributed by atoms with Gasteiger partial charge in [0.2, 0.25) is 0 Å². The Hall–Kier alpha value is -1.89. The molecule has 2 aromatic rings. The normalized spacial score (nSPS) is 25.3. The van der Waals surface area contributed by atoms with Gasteiger partial charge >= 0.3 is 0 Å². The van der Waals surface area contributed by atoms with E-state index in [9.17, 15) is 15.0 Å². The second kappa shape index (κ2) is 6.08. The Kier molecular flexibility index (Phi) is 4.15. The fourth-order valence-corrected chi connectivity index (χ4v) is 2.67. The van der Waals surface area contributed by atoms with Gasteiger partial charge in [0.1, 0.15) is 17.4 Å². The Balaban J connectivity index is 1.65. The van der Waals surface area contributed by atoms with Crippen molar-refractivity contribution in [2.75, 3.05) is 19.8 Å². The zero-order chi connectivity index (χ0) is 15.7. The molecule has 1 aliphatic rings. The molecule has 0 spiro atoms. The van der Waals surface area contributed by atoms with E-state index in [0.29, 0.717) is 12.2 Å². The summed E-state index contributed by atoms with van der Waals surface area (Å²) in [7, 11) is 0. The molecule has 1 aromatic heterocycles. The number of nitrogens with one attached hydrogen (secondary N) is 1. The summed E-state index contributed by atoms with van der Waals surface area (Å²) in [6.07, 6.45) is -1.78. The van der Waals surface area contributed by atoms with Crippen LogP contribution in [0.15, 0.2) is 28.7 Å². The van der Waals surface area contributed by atoms with Crippen LogP contribution in [0, 0.1) is 12.8 Å². The van der Waals surface area contributed by atoms with Gasteiger partial charge in [-0.15, -0.1) is 0 Å². The van der Waals surface area contributed by atoms with E-state index in [1.807, 2.05) is 13.0 Å². The third-order valence-corrected chi connectivity index (χ3v) is 3.92. The monoisotopic (exact) mass is 305 g/mol. The SMILES string of the molecule is Cc1cc2cc(C(=O)NC[C@@H]3COC[C@@H](O)[C@H]3O)ccc2o1. The molecule has 6 nitrogen and oxygen atoms in total. The number of aliphatic hydroxyl groups is 2. The molecule has 1 aliphatic heterocycles. The maximum atomic E-state index is 12.2. The molecule has 1 fully saturated rings. The van der Waals surface area contributed by atoms with Gasteiger partial charge in [0.05, 0.1) is 19.3 Å². The molecule has 1 saturated heterocycles. The molecule has 118 valence electrons. The summed E-state index contributed by atoms with van der Waals surface area (Å²) in [5.41, 5.74) is 1.27. The van der Waals surface area contributed by atoms with Gasteiger partial charge in [-0.3, -0.25) is 4.79 Å². The van der Waals surface area contributed by atoms with Crippen molar-refractivity contribution in [2.45, 2.75) is 19.1 Å². The molecular formula is C16H19NO5. The Morgan fingerprint density at radius 1 is 1.32 bits per heavy atom. The molecule has 1 amide bonds. The Labute approximate surface area is 127 Å². The maximum Gasteiger partial charge on any atom is 0.251 e. The van der Waals surface area contributed by atoms with Crippen LogP contribution >= 0.6 is 0 Å². The van der Waals surface area contributed by atoms with Crippen LogP contribution < -0.4 is 5.32 Å². The number of hydrogen-bond acceptors (Lipinski definition) is 5. The zero-order valence-electron chi connectivity index (χ0n) is 12.3. The lowest BCUT2D eigenvalue weighted by Crippen LogP contribution is -2.48. The van der Waals surface area contributed by atoms with Crippen molar-refractivity contribution < 1.29 is 24.2 Å². The third-order valence-electron chi connectivity index (χ3n) is 3.92. The summed E-state index contributed by atoms with van der Waals surface area (Å²) in [4.78, 5) is 12.2. The second-order valence-corrected chi connectivity index (χ2v) is 5.68. The Bertz CT molecular complexity index is 680. The van der Waals surface area contributed by atoms with E-state index in [1.165, 1.54) is 0 Å². The fraction of sp³-hybridized carbons (Fsp3) is 0.438. The Morgan fingerprint density at radius 2 is 2.14 bits per heavy atom. The molecule has 3 rings (SSSR count). The topological polar surface area (TPSA) is 91.9 Å². The molecule has 6 heteroatoms. The zero-order valence-corrected chi connectivity index (χ0v) is 12.3. The van der Waals surface area contributed by atoms with Crippen molar-refractivity contribution in [1.82, 2.24) is 5.32 Å². The van der Waals surface area contributed by atoms with E-state index in [-0.39, 0.29) is 25.0 Å². The molecule has 1 aromatic carbocycles. The lowest BCUT2D eigenvalue weighted by molar-refractivity contribution is -0.118. The van der Waals surface area contributed by atoms with E-state index in [0.717, 1.165) is 16.7 Å². The van der Waals surface area contributed by atoms with E-state index in [2.05, 4.69) is 5.32 Å². The summed E-state index contributed by atoms with van der Waals surface area (Å²) in [6, 6.07) is 7.10. The lowest BCUT2D eigenvalue weighted by atomic mass is 9.96. The molecule has 0 unspecified atom stereocenters. The van der Waals surface area contributed by atoms with Crippen LogP contribution in [0.5, 0.6) is 0 Å².